The number of hydrogen-bond donors (Lipinski definition) is 0. The lowest BCUT2D eigenvalue weighted by Gasteiger charge is -2.23. The first kappa shape index (κ1) is 14.0. The molecule has 17 heavy (non-hydrogen) atoms. The molecule has 0 N–H and O–H groups in total. The molecule has 1 aromatic rings. The molecule has 0 unspecified atom stereocenters. The van der Waals surface area contributed by atoms with Gasteiger partial charge in [-0.15, -0.1) is 11.6 Å². The highest BCUT2D eigenvalue weighted by Crippen LogP contribution is 2.20. The molecule has 0 aliphatic carbocycles. The first-order valence-corrected chi connectivity index (χ1v) is 5.68. The van der Waals surface area contributed by atoms with Gasteiger partial charge in [-0.25, -0.2) is 4.98 Å². The van der Waals surface area contributed by atoms with Gasteiger partial charge in [-0.2, -0.15) is 13.2 Å². The topological polar surface area (TPSA) is 29.0 Å². The molecule has 96 valence electrons. The highest BCUT2D eigenvalue weighted by Gasteiger charge is 2.31. The summed E-state index contributed by atoms with van der Waals surface area (Å²) in [7, 11) is 0. The van der Waals surface area contributed by atoms with Crippen molar-refractivity contribution in [2.75, 3.05) is 18.0 Å². The second kappa shape index (κ2) is 6.05. The van der Waals surface area contributed by atoms with Crippen molar-refractivity contribution in [3.05, 3.63) is 18.1 Å². The maximum atomic E-state index is 12.3. The molecule has 0 aliphatic heterocycles. The van der Waals surface area contributed by atoms with E-state index in [4.69, 9.17) is 11.6 Å². The van der Waals surface area contributed by atoms with E-state index >= 15 is 0 Å². The Labute approximate surface area is 103 Å². The maximum absolute atomic E-state index is 12.3. The monoisotopic (exact) mass is 267 g/mol. The van der Waals surface area contributed by atoms with E-state index in [1.807, 2.05) is 6.92 Å². The molecule has 0 aromatic carbocycles. The molecule has 0 saturated carbocycles. The Morgan fingerprint density at radius 1 is 1.29 bits per heavy atom. The second-order valence-corrected chi connectivity index (χ2v) is 3.80. The van der Waals surface area contributed by atoms with Crippen molar-refractivity contribution in [2.24, 2.45) is 0 Å². The maximum Gasteiger partial charge on any atom is 0.405 e. The van der Waals surface area contributed by atoms with Gasteiger partial charge in [0.05, 0.1) is 24.0 Å². The lowest BCUT2D eigenvalue weighted by atomic mass is 10.4. The molecule has 0 spiro atoms. The Bertz CT molecular complexity index is 340. The summed E-state index contributed by atoms with van der Waals surface area (Å²) < 4.78 is 37.0. The van der Waals surface area contributed by atoms with Crippen molar-refractivity contribution in [1.29, 1.82) is 0 Å². The number of hydrogen-bond acceptors (Lipinski definition) is 3. The number of anilines is 1. The van der Waals surface area contributed by atoms with Crippen LogP contribution in [0.3, 0.4) is 0 Å². The quantitative estimate of drug-likeness (QED) is 0.768. The molecule has 0 fully saturated rings. The fraction of sp³-hybridized carbons (Fsp3) is 0.600. The number of halogens is 4. The Balaban J connectivity index is 2.81. The third-order valence-electron chi connectivity index (χ3n) is 2.02. The Kier molecular flexibility index (Phi) is 4.99. The van der Waals surface area contributed by atoms with Crippen molar-refractivity contribution >= 4 is 17.4 Å². The van der Waals surface area contributed by atoms with Crippen molar-refractivity contribution in [3.8, 4) is 0 Å². The minimum atomic E-state index is -4.25. The van der Waals surface area contributed by atoms with Crippen LogP contribution in [-0.2, 0) is 5.88 Å². The Morgan fingerprint density at radius 2 is 2.00 bits per heavy atom. The minimum Gasteiger partial charge on any atom is -0.346 e. The third-order valence-corrected chi connectivity index (χ3v) is 2.29. The number of alkyl halides is 4. The summed E-state index contributed by atoms with van der Waals surface area (Å²) in [5.74, 6) is 0.415. The first-order valence-electron chi connectivity index (χ1n) is 5.15. The lowest BCUT2D eigenvalue weighted by Crippen LogP contribution is -2.35. The molecule has 0 bridgehead atoms. The van der Waals surface area contributed by atoms with Gasteiger partial charge in [0.2, 0.25) is 0 Å². The summed E-state index contributed by atoms with van der Waals surface area (Å²) >= 11 is 5.53. The van der Waals surface area contributed by atoms with Gasteiger partial charge in [0.1, 0.15) is 12.4 Å². The van der Waals surface area contributed by atoms with Crippen LogP contribution < -0.4 is 4.90 Å². The normalized spacial score (nSPS) is 11.6. The zero-order valence-corrected chi connectivity index (χ0v) is 10.1. The highest BCUT2D eigenvalue weighted by molar-refractivity contribution is 6.16. The standard InChI is InChI=1S/C10H13ClF3N3/c1-2-3-17(7-10(12,13)14)9-6-15-8(4-11)5-16-9/h5-6H,2-4,7H2,1H3. The smallest absolute Gasteiger partial charge is 0.346 e. The Hall–Kier alpha value is -1.04. The number of rotatable bonds is 5. The fourth-order valence-electron chi connectivity index (χ4n) is 1.34. The van der Waals surface area contributed by atoms with Gasteiger partial charge in [0.25, 0.3) is 0 Å². The number of nitrogens with zero attached hydrogens (tertiary/aromatic N) is 3. The third kappa shape index (κ3) is 4.77. The molecule has 0 aliphatic rings. The van der Waals surface area contributed by atoms with Crippen LogP contribution in [0.25, 0.3) is 0 Å². The molecule has 0 radical (unpaired) electrons. The zero-order chi connectivity index (χ0) is 12.9. The van der Waals surface area contributed by atoms with Crippen LogP contribution >= 0.6 is 11.6 Å². The van der Waals surface area contributed by atoms with E-state index in [9.17, 15) is 13.2 Å². The van der Waals surface area contributed by atoms with E-state index < -0.39 is 12.7 Å². The van der Waals surface area contributed by atoms with Crippen LogP contribution in [0.4, 0.5) is 19.0 Å². The second-order valence-electron chi connectivity index (χ2n) is 3.54. The molecular formula is C10H13ClF3N3. The van der Waals surface area contributed by atoms with Crippen molar-refractivity contribution in [3.63, 3.8) is 0 Å². The summed E-state index contributed by atoms with van der Waals surface area (Å²) in [6.07, 6.45) is -0.933. The van der Waals surface area contributed by atoms with E-state index in [-0.39, 0.29) is 18.2 Å². The van der Waals surface area contributed by atoms with Crippen molar-refractivity contribution in [2.45, 2.75) is 25.4 Å². The van der Waals surface area contributed by atoms with Gasteiger partial charge in [-0.05, 0) is 6.42 Å². The van der Waals surface area contributed by atoms with Gasteiger partial charge >= 0.3 is 6.18 Å². The van der Waals surface area contributed by atoms with Gasteiger partial charge in [0, 0.05) is 6.54 Å². The predicted molar refractivity (Wildman–Crippen MR) is 60.1 cm³/mol. The Morgan fingerprint density at radius 3 is 2.41 bits per heavy atom. The van der Waals surface area contributed by atoms with Gasteiger partial charge < -0.3 is 4.90 Å². The van der Waals surface area contributed by atoms with E-state index in [0.29, 0.717) is 12.1 Å². The molecule has 0 atom stereocenters. The van der Waals surface area contributed by atoms with E-state index in [0.717, 1.165) is 4.90 Å². The van der Waals surface area contributed by atoms with Gasteiger partial charge in [-0.3, -0.25) is 4.98 Å². The van der Waals surface area contributed by atoms with Crippen LogP contribution in [0, 0.1) is 0 Å². The largest absolute Gasteiger partial charge is 0.405 e. The summed E-state index contributed by atoms with van der Waals surface area (Å²) in [5.41, 5.74) is 0.541. The molecule has 0 amide bonds. The van der Waals surface area contributed by atoms with Crippen molar-refractivity contribution in [1.82, 2.24) is 9.97 Å². The average molecular weight is 268 g/mol. The number of aromatic nitrogens is 2. The summed E-state index contributed by atoms with van der Waals surface area (Å²) in [6, 6.07) is 0. The van der Waals surface area contributed by atoms with E-state index in [2.05, 4.69) is 9.97 Å². The summed E-state index contributed by atoms with van der Waals surface area (Å²) in [6.45, 7) is 1.08. The molecule has 7 heteroatoms. The predicted octanol–water partition coefficient (Wildman–Crippen LogP) is 2.99. The SMILES string of the molecule is CCCN(CC(F)(F)F)c1cnc(CCl)cn1. The summed E-state index contributed by atoms with van der Waals surface area (Å²) in [5, 5.41) is 0. The van der Waals surface area contributed by atoms with Crippen LogP contribution in [-0.4, -0.2) is 29.2 Å². The van der Waals surface area contributed by atoms with Crippen LogP contribution in [0.2, 0.25) is 0 Å². The van der Waals surface area contributed by atoms with E-state index in [1.165, 1.54) is 12.4 Å². The molecular weight excluding hydrogens is 255 g/mol. The fourth-order valence-corrected chi connectivity index (χ4v) is 1.48. The molecule has 1 aromatic heterocycles. The molecule has 0 saturated heterocycles. The average Bonchev–Trinajstić information content (AvgIpc) is 2.27. The zero-order valence-electron chi connectivity index (χ0n) is 9.34. The highest BCUT2D eigenvalue weighted by atomic mass is 35.5. The van der Waals surface area contributed by atoms with Crippen molar-refractivity contribution < 1.29 is 13.2 Å². The molecule has 3 nitrogen and oxygen atoms in total. The van der Waals surface area contributed by atoms with Gasteiger partial charge in [-0.1, -0.05) is 6.92 Å². The van der Waals surface area contributed by atoms with E-state index in [1.54, 1.807) is 0 Å². The van der Waals surface area contributed by atoms with Crippen LogP contribution in [0.15, 0.2) is 12.4 Å². The first-order chi connectivity index (χ1) is 7.96. The van der Waals surface area contributed by atoms with Gasteiger partial charge in [0.15, 0.2) is 0 Å². The molecule has 1 heterocycles. The summed E-state index contributed by atoms with van der Waals surface area (Å²) in [4.78, 5) is 9.02. The lowest BCUT2D eigenvalue weighted by molar-refractivity contribution is -0.119. The molecule has 1 rings (SSSR count). The van der Waals surface area contributed by atoms with Crippen LogP contribution in [0.1, 0.15) is 19.0 Å². The minimum absolute atomic E-state index is 0.195. The van der Waals surface area contributed by atoms with Crippen LogP contribution in [0.5, 0.6) is 0 Å².